The number of aromatic hydroxyl groups is 1. The number of hydrogen-bond donors (Lipinski definition) is 3. The maximum atomic E-state index is 13.0. The van der Waals surface area contributed by atoms with Crippen molar-refractivity contribution < 1.29 is 23.4 Å². The predicted octanol–water partition coefficient (Wildman–Crippen LogP) is 4.12. The van der Waals surface area contributed by atoms with Gasteiger partial charge in [-0.2, -0.15) is 0 Å². The Morgan fingerprint density at radius 3 is 2.29 bits per heavy atom. The SMILES string of the molecule is CCc1c(-c2ccccc2)cccc1S(=O)(=O)Nc1cccc(C(=O)O)c1O. The minimum absolute atomic E-state index is 0.0801. The Kier molecular flexibility index (Phi) is 5.37. The summed E-state index contributed by atoms with van der Waals surface area (Å²) in [5.41, 5.74) is 1.76. The van der Waals surface area contributed by atoms with Crippen molar-refractivity contribution in [1.29, 1.82) is 0 Å². The van der Waals surface area contributed by atoms with Crippen LogP contribution in [0.2, 0.25) is 0 Å². The van der Waals surface area contributed by atoms with Crippen LogP contribution in [0.15, 0.2) is 71.6 Å². The lowest BCUT2D eigenvalue weighted by atomic mass is 9.98. The summed E-state index contributed by atoms with van der Waals surface area (Å²) < 4.78 is 28.4. The van der Waals surface area contributed by atoms with Crippen LogP contribution in [0.3, 0.4) is 0 Å². The van der Waals surface area contributed by atoms with E-state index in [0.717, 1.165) is 11.1 Å². The van der Waals surface area contributed by atoms with Crippen LogP contribution in [0.4, 0.5) is 5.69 Å². The zero-order valence-corrected chi connectivity index (χ0v) is 15.9. The lowest BCUT2D eigenvalue weighted by Crippen LogP contribution is -2.16. The molecule has 0 atom stereocenters. The van der Waals surface area contributed by atoms with Gasteiger partial charge in [0.2, 0.25) is 0 Å². The van der Waals surface area contributed by atoms with E-state index in [1.807, 2.05) is 43.3 Å². The van der Waals surface area contributed by atoms with Gasteiger partial charge in [0.05, 0.1) is 10.6 Å². The zero-order chi connectivity index (χ0) is 20.3. The molecule has 0 aliphatic rings. The highest BCUT2D eigenvalue weighted by atomic mass is 32.2. The highest BCUT2D eigenvalue weighted by Crippen LogP contribution is 2.33. The number of carboxylic acid groups (broad SMARTS) is 1. The van der Waals surface area contributed by atoms with E-state index in [1.54, 1.807) is 6.07 Å². The van der Waals surface area contributed by atoms with Crippen molar-refractivity contribution in [3.05, 3.63) is 77.9 Å². The average Bonchev–Trinajstić information content (AvgIpc) is 2.69. The number of anilines is 1. The highest BCUT2D eigenvalue weighted by Gasteiger charge is 2.23. The monoisotopic (exact) mass is 397 g/mol. The summed E-state index contributed by atoms with van der Waals surface area (Å²) in [7, 11) is -4.05. The summed E-state index contributed by atoms with van der Waals surface area (Å²) in [5, 5.41) is 19.2. The highest BCUT2D eigenvalue weighted by molar-refractivity contribution is 7.92. The fourth-order valence-corrected chi connectivity index (χ4v) is 4.47. The smallest absolute Gasteiger partial charge is 0.339 e. The van der Waals surface area contributed by atoms with Crippen LogP contribution < -0.4 is 4.72 Å². The van der Waals surface area contributed by atoms with Gasteiger partial charge < -0.3 is 10.2 Å². The summed E-state index contributed by atoms with van der Waals surface area (Å²) in [5.74, 6) is -1.98. The Balaban J connectivity index is 2.09. The number of benzene rings is 3. The summed E-state index contributed by atoms with van der Waals surface area (Å²) in [6.07, 6.45) is 0.475. The van der Waals surface area contributed by atoms with Crippen LogP contribution in [-0.4, -0.2) is 24.6 Å². The molecule has 3 N–H and O–H groups in total. The van der Waals surface area contributed by atoms with Crippen molar-refractivity contribution in [3.63, 3.8) is 0 Å². The van der Waals surface area contributed by atoms with Gasteiger partial charge in [0, 0.05) is 0 Å². The molecule has 7 heteroatoms. The van der Waals surface area contributed by atoms with E-state index in [2.05, 4.69) is 4.72 Å². The van der Waals surface area contributed by atoms with Gasteiger partial charge in [-0.15, -0.1) is 0 Å². The second-order valence-electron chi connectivity index (χ2n) is 6.11. The van der Waals surface area contributed by atoms with Crippen LogP contribution in [0.25, 0.3) is 11.1 Å². The number of sulfonamides is 1. The number of carbonyl (C=O) groups is 1. The van der Waals surface area contributed by atoms with Crippen molar-refractivity contribution in [2.24, 2.45) is 0 Å². The summed E-state index contributed by atoms with van der Waals surface area (Å²) in [6.45, 7) is 1.86. The first-order valence-corrected chi connectivity index (χ1v) is 10.1. The summed E-state index contributed by atoms with van der Waals surface area (Å²) >= 11 is 0. The van der Waals surface area contributed by atoms with Crippen molar-refractivity contribution in [1.82, 2.24) is 0 Å². The number of nitrogens with one attached hydrogen (secondary N) is 1. The molecule has 0 bridgehead atoms. The van der Waals surface area contributed by atoms with Gasteiger partial charge in [-0.1, -0.05) is 55.5 Å². The molecule has 0 heterocycles. The van der Waals surface area contributed by atoms with Crippen LogP contribution in [0, 0.1) is 0 Å². The topological polar surface area (TPSA) is 104 Å². The molecule has 0 fully saturated rings. The molecule has 0 aliphatic heterocycles. The average molecular weight is 397 g/mol. The predicted molar refractivity (Wildman–Crippen MR) is 107 cm³/mol. The van der Waals surface area contributed by atoms with Crippen molar-refractivity contribution in [2.75, 3.05) is 4.72 Å². The number of rotatable bonds is 6. The molecule has 3 rings (SSSR count). The second-order valence-corrected chi connectivity index (χ2v) is 7.77. The molecule has 0 saturated carbocycles. The van der Waals surface area contributed by atoms with Crippen LogP contribution in [0.5, 0.6) is 5.75 Å². The molecule has 28 heavy (non-hydrogen) atoms. The Morgan fingerprint density at radius 1 is 0.964 bits per heavy atom. The lowest BCUT2D eigenvalue weighted by Gasteiger charge is -2.16. The van der Waals surface area contributed by atoms with E-state index in [4.69, 9.17) is 5.11 Å². The van der Waals surface area contributed by atoms with Gasteiger partial charge in [-0.3, -0.25) is 4.72 Å². The molecule has 0 saturated heterocycles. The van der Waals surface area contributed by atoms with Crippen molar-refractivity contribution in [2.45, 2.75) is 18.2 Å². The fourth-order valence-electron chi connectivity index (χ4n) is 3.07. The molecule has 3 aromatic rings. The summed E-state index contributed by atoms with van der Waals surface area (Å²) in [6, 6.07) is 18.3. The Hall–Kier alpha value is -3.32. The summed E-state index contributed by atoms with van der Waals surface area (Å²) in [4.78, 5) is 11.3. The van der Waals surface area contributed by atoms with Gasteiger partial charge in [-0.25, -0.2) is 13.2 Å². The molecule has 0 aromatic heterocycles. The largest absolute Gasteiger partial charge is 0.505 e. The minimum Gasteiger partial charge on any atom is -0.505 e. The van der Waals surface area contributed by atoms with Gasteiger partial charge in [0.1, 0.15) is 5.56 Å². The first-order valence-electron chi connectivity index (χ1n) is 8.60. The fraction of sp³-hybridized carbons (Fsp3) is 0.0952. The normalized spacial score (nSPS) is 11.2. The van der Waals surface area contributed by atoms with E-state index in [1.165, 1.54) is 24.3 Å². The number of hydrogen-bond acceptors (Lipinski definition) is 4. The quantitative estimate of drug-likeness (QED) is 0.543. The van der Waals surface area contributed by atoms with Gasteiger partial charge >= 0.3 is 5.97 Å². The molecule has 0 aliphatic carbocycles. The molecule has 6 nitrogen and oxygen atoms in total. The van der Waals surface area contributed by atoms with E-state index >= 15 is 0 Å². The number of phenols is 1. The maximum Gasteiger partial charge on any atom is 0.339 e. The first kappa shape index (κ1) is 19.4. The Morgan fingerprint density at radius 2 is 1.64 bits per heavy atom. The molecule has 144 valence electrons. The molecule has 0 unspecified atom stereocenters. The first-order chi connectivity index (χ1) is 13.3. The van der Waals surface area contributed by atoms with E-state index < -0.39 is 21.7 Å². The zero-order valence-electron chi connectivity index (χ0n) is 15.1. The molecule has 0 amide bonds. The molecule has 0 radical (unpaired) electrons. The number of para-hydroxylation sites is 1. The van der Waals surface area contributed by atoms with Crippen LogP contribution in [0.1, 0.15) is 22.8 Å². The lowest BCUT2D eigenvalue weighted by molar-refractivity contribution is 0.0694. The Labute approximate surface area is 163 Å². The third-order valence-corrected chi connectivity index (χ3v) is 5.82. The minimum atomic E-state index is -4.05. The molecule has 3 aromatic carbocycles. The Bertz CT molecular complexity index is 1120. The van der Waals surface area contributed by atoms with E-state index in [-0.39, 0.29) is 16.1 Å². The van der Waals surface area contributed by atoms with Crippen LogP contribution >= 0.6 is 0 Å². The van der Waals surface area contributed by atoms with Gasteiger partial charge in [0.15, 0.2) is 5.75 Å². The standard InChI is InChI=1S/C21H19NO5S/c1-2-15-16(14-8-4-3-5-9-14)10-7-13-19(15)28(26,27)22-18-12-6-11-17(20(18)23)21(24)25/h3-13,22-23H,2H2,1H3,(H,24,25). The maximum absolute atomic E-state index is 13.0. The van der Waals surface area contributed by atoms with Crippen LogP contribution in [-0.2, 0) is 16.4 Å². The second kappa shape index (κ2) is 7.74. The van der Waals surface area contributed by atoms with E-state index in [0.29, 0.717) is 12.0 Å². The van der Waals surface area contributed by atoms with Crippen molar-refractivity contribution in [3.8, 4) is 16.9 Å². The van der Waals surface area contributed by atoms with E-state index in [9.17, 15) is 18.3 Å². The number of carboxylic acids is 1. The number of aromatic carboxylic acids is 1. The van der Waals surface area contributed by atoms with Gasteiger partial charge in [-0.05, 0) is 41.3 Å². The van der Waals surface area contributed by atoms with Crippen molar-refractivity contribution >= 4 is 21.7 Å². The molecular formula is C21H19NO5S. The van der Waals surface area contributed by atoms with Gasteiger partial charge in [0.25, 0.3) is 10.0 Å². The molecular weight excluding hydrogens is 378 g/mol. The molecule has 0 spiro atoms. The third-order valence-electron chi connectivity index (χ3n) is 4.37. The third kappa shape index (κ3) is 3.70.